The molecule has 0 N–H and O–H groups in total. The molecule has 1 atom stereocenters. The van der Waals surface area contributed by atoms with Gasteiger partial charge in [-0.3, -0.25) is 4.79 Å². The summed E-state index contributed by atoms with van der Waals surface area (Å²) in [4.78, 5) is 10.9. The number of halogens is 2. The first kappa shape index (κ1) is 12.5. The minimum Gasteiger partial charge on any atom is -0.489 e. The number of rotatable bonds is 4. The summed E-state index contributed by atoms with van der Waals surface area (Å²) in [5, 5.41) is 0.550. The van der Waals surface area contributed by atoms with E-state index in [1.165, 1.54) is 0 Å². The lowest BCUT2D eigenvalue weighted by molar-refractivity contribution is -0.118. The molecule has 0 aliphatic rings. The molecular formula is C11H12BrClO2. The Bertz CT molecular complexity index is 366. The van der Waals surface area contributed by atoms with Gasteiger partial charge in [-0.2, -0.15) is 0 Å². The van der Waals surface area contributed by atoms with Crippen LogP contribution in [0.25, 0.3) is 0 Å². The summed E-state index contributed by atoms with van der Waals surface area (Å²) in [7, 11) is 0. The molecule has 1 aromatic rings. The van der Waals surface area contributed by atoms with Gasteiger partial charge in [0.05, 0.1) is 5.02 Å². The fraction of sp³-hybridized carbons (Fsp3) is 0.364. The third-order valence-electron chi connectivity index (χ3n) is 1.80. The highest BCUT2D eigenvalue weighted by molar-refractivity contribution is 9.10. The molecule has 0 aromatic heterocycles. The molecule has 4 heteroatoms. The van der Waals surface area contributed by atoms with Crippen molar-refractivity contribution in [3.05, 3.63) is 27.7 Å². The van der Waals surface area contributed by atoms with Gasteiger partial charge in [-0.1, -0.05) is 27.5 Å². The van der Waals surface area contributed by atoms with Crippen LogP contribution in [-0.2, 0) is 4.79 Å². The molecule has 1 unspecified atom stereocenters. The van der Waals surface area contributed by atoms with Crippen molar-refractivity contribution in [2.75, 3.05) is 0 Å². The van der Waals surface area contributed by atoms with Crippen LogP contribution in [0.15, 0.2) is 22.7 Å². The van der Waals surface area contributed by atoms with Crippen LogP contribution in [0.3, 0.4) is 0 Å². The van der Waals surface area contributed by atoms with Crippen molar-refractivity contribution in [1.82, 2.24) is 0 Å². The van der Waals surface area contributed by atoms with Crippen molar-refractivity contribution in [2.45, 2.75) is 26.4 Å². The van der Waals surface area contributed by atoms with Crippen LogP contribution >= 0.6 is 27.5 Å². The Hall–Kier alpha value is -0.540. The third kappa shape index (κ3) is 4.22. The second-order valence-corrected chi connectivity index (χ2v) is 4.73. The van der Waals surface area contributed by atoms with Crippen LogP contribution < -0.4 is 4.74 Å². The fourth-order valence-electron chi connectivity index (χ4n) is 1.23. The molecule has 0 amide bonds. The maximum absolute atomic E-state index is 10.9. The van der Waals surface area contributed by atoms with E-state index in [1.807, 2.05) is 13.0 Å². The first-order valence-electron chi connectivity index (χ1n) is 4.60. The van der Waals surface area contributed by atoms with Gasteiger partial charge in [0.1, 0.15) is 17.6 Å². The van der Waals surface area contributed by atoms with Crippen LogP contribution in [0.2, 0.25) is 5.02 Å². The van der Waals surface area contributed by atoms with E-state index in [4.69, 9.17) is 16.3 Å². The normalized spacial score (nSPS) is 12.3. The topological polar surface area (TPSA) is 26.3 Å². The number of benzene rings is 1. The summed E-state index contributed by atoms with van der Waals surface area (Å²) < 4.78 is 6.45. The Kier molecular flexibility index (Phi) is 4.61. The second-order valence-electron chi connectivity index (χ2n) is 3.41. The maximum Gasteiger partial charge on any atom is 0.139 e. The van der Waals surface area contributed by atoms with Gasteiger partial charge in [-0.25, -0.2) is 0 Å². The van der Waals surface area contributed by atoms with Crippen molar-refractivity contribution < 1.29 is 9.53 Å². The molecule has 0 fully saturated rings. The van der Waals surface area contributed by atoms with E-state index in [1.54, 1.807) is 19.1 Å². The molecule has 0 aliphatic carbocycles. The highest BCUT2D eigenvalue weighted by Gasteiger charge is 2.09. The molecule has 1 aromatic carbocycles. The van der Waals surface area contributed by atoms with Crippen molar-refractivity contribution >= 4 is 33.3 Å². The quantitative estimate of drug-likeness (QED) is 0.842. The summed E-state index contributed by atoms with van der Waals surface area (Å²) in [6.45, 7) is 3.39. The van der Waals surface area contributed by atoms with E-state index in [9.17, 15) is 4.79 Å². The zero-order chi connectivity index (χ0) is 11.4. The molecular weight excluding hydrogens is 279 g/mol. The lowest BCUT2D eigenvalue weighted by atomic mass is 10.2. The smallest absolute Gasteiger partial charge is 0.139 e. The van der Waals surface area contributed by atoms with Crippen molar-refractivity contribution in [3.63, 3.8) is 0 Å². The molecule has 0 saturated heterocycles. The maximum atomic E-state index is 10.9. The van der Waals surface area contributed by atoms with Crippen molar-refractivity contribution in [3.8, 4) is 5.75 Å². The Morgan fingerprint density at radius 1 is 1.60 bits per heavy atom. The molecule has 1 rings (SSSR count). The number of Topliss-reactive ketones (excluding diaryl/α,β-unsaturated/α-hetero) is 1. The minimum absolute atomic E-state index is 0.105. The van der Waals surface area contributed by atoms with Crippen LogP contribution in [-0.4, -0.2) is 11.9 Å². The third-order valence-corrected chi connectivity index (χ3v) is 2.60. The van der Waals surface area contributed by atoms with Crippen molar-refractivity contribution in [2.24, 2.45) is 0 Å². The predicted molar refractivity (Wildman–Crippen MR) is 64.5 cm³/mol. The monoisotopic (exact) mass is 290 g/mol. The zero-order valence-electron chi connectivity index (χ0n) is 8.59. The Balaban J connectivity index is 2.71. The van der Waals surface area contributed by atoms with E-state index < -0.39 is 0 Å². The standard InChI is InChI=1S/C11H12BrClO2/c1-7(14)5-8(2)15-11-6-9(12)3-4-10(11)13/h3-4,6,8H,5H2,1-2H3. The van der Waals surface area contributed by atoms with E-state index in [0.29, 0.717) is 17.2 Å². The SMILES string of the molecule is CC(=O)CC(C)Oc1cc(Br)ccc1Cl. The van der Waals surface area contributed by atoms with Crippen LogP contribution in [0, 0.1) is 0 Å². The number of carbonyl (C=O) groups is 1. The Morgan fingerprint density at radius 3 is 2.87 bits per heavy atom. The zero-order valence-corrected chi connectivity index (χ0v) is 10.9. The molecule has 0 saturated carbocycles. The van der Waals surface area contributed by atoms with Gasteiger partial charge in [0.25, 0.3) is 0 Å². The summed E-state index contributed by atoms with van der Waals surface area (Å²) in [6, 6.07) is 5.38. The first-order chi connectivity index (χ1) is 6.99. The predicted octanol–water partition coefficient (Wildman–Crippen LogP) is 3.85. The van der Waals surface area contributed by atoms with Gasteiger partial charge in [0.15, 0.2) is 0 Å². The molecule has 0 radical (unpaired) electrons. The van der Waals surface area contributed by atoms with E-state index in [0.717, 1.165) is 4.47 Å². The van der Waals surface area contributed by atoms with Gasteiger partial charge in [-0.05, 0) is 32.0 Å². The Morgan fingerprint density at radius 2 is 2.27 bits per heavy atom. The molecule has 0 bridgehead atoms. The molecule has 15 heavy (non-hydrogen) atoms. The largest absolute Gasteiger partial charge is 0.489 e. The van der Waals surface area contributed by atoms with Gasteiger partial charge in [0.2, 0.25) is 0 Å². The Labute approximate surface area is 103 Å². The minimum atomic E-state index is -0.158. The highest BCUT2D eigenvalue weighted by atomic mass is 79.9. The van der Waals surface area contributed by atoms with Crippen LogP contribution in [0.1, 0.15) is 20.3 Å². The number of carbonyl (C=O) groups excluding carboxylic acids is 1. The molecule has 0 heterocycles. The fourth-order valence-corrected chi connectivity index (χ4v) is 1.73. The van der Waals surface area contributed by atoms with Gasteiger partial charge in [-0.15, -0.1) is 0 Å². The summed E-state index contributed by atoms with van der Waals surface area (Å²) in [5.41, 5.74) is 0. The van der Waals surface area contributed by atoms with E-state index in [2.05, 4.69) is 15.9 Å². The van der Waals surface area contributed by atoms with Crippen LogP contribution in [0.5, 0.6) is 5.75 Å². The van der Waals surface area contributed by atoms with Crippen molar-refractivity contribution in [1.29, 1.82) is 0 Å². The van der Waals surface area contributed by atoms with E-state index in [-0.39, 0.29) is 11.9 Å². The van der Waals surface area contributed by atoms with Gasteiger partial charge in [0, 0.05) is 10.9 Å². The first-order valence-corrected chi connectivity index (χ1v) is 5.77. The summed E-state index contributed by atoms with van der Waals surface area (Å²) in [5.74, 6) is 0.702. The lowest BCUT2D eigenvalue weighted by Crippen LogP contribution is -2.15. The molecule has 0 spiro atoms. The molecule has 82 valence electrons. The highest BCUT2D eigenvalue weighted by Crippen LogP contribution is 2.29. The number of ketones is 1. The number of hydrogen-bond donors (Lipinski definition) is 0. The molecule has 0 aliphatic heterocycles. The average Bonchev–Trinajstić information content (AvgIpc) is 2.10. The number of ether oxygens (including phenoxy) is 1. The lowest BCUT2D eigenvalue weighted by Gasteiger charge is -2.14. The summed E-state index contributed by atoms with van der Waals surface area (Å²) in [6.07, 6.45) is 0.234. The van der Waals surface area contributed by atoms with Crippen LogP contribution in [0.4, 0.5) is 0 Å². The summed E-state index contributed by atoms with van der Waals surface area (Å²) >= 11 is 9.28. The average molecular weight is 292 g/mol. The van der Waals surface area contributed by atoms with Gasteiger partial charge < -0.3 is 4.74 Å². The number of hydrogen-bond acceptors (Lipinski definition) is 2. The van der Waals surface area contributed by atoms with E-state index >= 15 is 0 Å². The molecule has 2 nitrogen and oxygen atoms in total. The second kappa shape index (κ2) is 5.52. The van der Waals surface area contributed by atoms with Gasteiger partial charge >= 0.3 is 0 Å².